The Morgan fingerprint density at radius 2 is 1.86 bits per heavy atom. The molecule has 2 aromatic rings. The molecule has 0 atom stereocenters. The first kappa shape index (κ1) is 13.9. The van der Waals surface area contributed by atoms with E-state index >= 15 is 0 Å². The number of pyridine rings is 1. The van der Waals surface area contributed by atoms with Crippen LogP contribution in [0.4, 0.5) is 5.69 Å². The molecule has 1 aliphatic rings. The molecule has 3 rings (SSSR count). The lowest BCUT2D eigenvalue weighted by Gasteiger charge is -2.35. The van der Waals surface area contributed by atoms with Gasteiger partial charge in [-0.2, -0.15) is 0 Å². The molecule has 0 aromatic carbocycles. The molecular weight excluding hydrogens is 334 g/mol. The van der Waals surface area contributed by atoms with Gasteiger partial charge in [-0.3, -0.25) is 14.8 Å². The minimum atomic E-state index is -0.0601. The van der Waals surface area contributed by atoms with Crippen LogP contribution in [-0.4, -0.2) is 51.9 Å². The van der Waals surface area contributed by atoms with E-state index in [-0.39, 0.29) is 5.91 Å². The predicted octanol–water partition coefficient (Wildman–Crippen LogP) is 1.60. The number of amides is 1. The largest absolute Gasteiger partial charge is 0.367 e. The minimum absolute atomic E-state index is 0.0601. The van der Waals surface area contributed by atoms with Crippen LogP contribution in [0.5, 0.6) is 0 Å². The number of hydrogen-bond donors (Lipinski definition) is 0. The van der Waals surface area contributed by atoms with Gasteiger partial charge in [0.15, 0.2) is 0 Å². The monoisotopic (exact) mass is 347 g/mol. The van der Waals surface area contributed by atoms with E-state index in [1.54, 1.807) is 12.4 Å². The topological polar surface area (TPSA) is 62.2 Å². The van der Waals surface area contributed by atoms with Crippen LogP contribution in [0.25, 0.3) is 0 Å². The van der Waals surface area contributed by atoms with Crippen LogP contribution in [0.15, 0.2) is 41.5 Å². The van der Waals surface area contributed by atoms with Crippen LogP contribution in [0.2, 0.25) is 0 Å². The summed E-state index contributed by atoms with van der Waals surface area (Å²) in [7, 11) is 0. The van der Waals surface area contributed by atoms with E-state index in [1.807, 2.05) is 17.2 Å². The molecule has 1 aliphatic heterocycles. The van der Waals surface area contributed by atoms with E-state index in [4.69, 9.17) is 0 Å². The molecule has 21 heavy (non-hydrogen) atoms. The zero-order chi connectivity index (χ0) is 14.7. The zero-order valence-electron chi connectivity index (χ0n) is 11.3. The molecule has 1 fully saturated rings. The normalized spacial score (nSPS) is 15.1. The minimum Gasteiger partial charge on any atom is -0.367 e. The van der Waals surface area contributed by atoms with Gasteiger partial charge in [0.1, 0.15) is 5.69 Å². The molecule has 0 unspecified atom stereocenters. The Hall–Kier alpha value is -2.02. The summed E-state index contributed by atoms with van der Waals surface area (Å²) < 4.78 is 0.957. The standard InChI is InChI=1S/C14H14BrN5O/c15-11-7-12(9-17-8-11)19-3-5-20(6-4-19)14(21)13-10-16-1-2-18-13/h1-2,7-10H,3-6H2. The van der Waals surface area contributed by atoms with Crippen LogP contribution in [0.3, 0.4) is 0 Å². The fourth-order valence-electron chi connectivity index (χ4n) is 2.31. The summed E-state index contributed by atoms with van der Waals surface area (Å²) in [6.07, 6.45) is 8.21. The van der Waals surface area contributed by atoms with Crippen LogP contribution in [-0.2, 0) is 0 Å². The van der Waals surface area contributed by atoms with Gasteiger partial charge in [0.2, 0.25) is 0 Å². The van der Waals surface area contributed by atoms with Gasteiger partial charge in [-0.25, -0.2) is 4.98 Å². The van der Waals surface area contributed by atoms with Crippen molar-refractivity contribution in [3.63, 3.8) is 0 Å². The quantitative estimate of drug-likeness (QED) is 0.825. The lowest BCUT2D eigenvalue weighted by Crippen LogP contribution is -2.49. The summed E-state index contributed by atoms with van der Waals surface area (Å²) in [5.41, 5.74) is 1.46. The summed E-state index contributed by atoms with van der Waals surface area (Å²) in [5, 5.41) is 0. The number of aromatic nitrogens is 3. The Morgan fingerprint density at radius 3 is 2.52 bits per heavy atom. The van der Waals surface area contributed by atoms with E-state index in [0.717, 1.165) is 23.2 Å². The van der Waals surface area contributed by atoms with Gasteiger partial charge in [-0.15, -0.1) is 0 Å². The SMILES string of the molecule is O=C(c1cnccn1)N1CCN(c2cncc(Br)c2)CC1. The van der Waals surface area contributed by atoms with Crippen LogP contribution in [0, 0.1) is 0 Å². The highest BCUT2D eigenvalue weighted by Crippen LogP contribution is 2.20. The number of halogens is 1. The molecule has 0 radical (unpaired) electrons. The van der Waals surface area contributed by atoms with E-state index in [2.05, 4.69) is 35.8 Å². The summed E-state index contributed by atoms with van der Waals surface area (Å²) in [6.45, 7) is 2.90. The average molecular weight is 348 g/mol. The number of hydrogen-bond acceptors (Lipinski definition) is 5. The third kappa shape index (κ3) is 3.18. The molecule has 108 valence electrons. The third-order valence-electron chi connectivity index (χ3n) is 3.40. The molecular formula is C14H14BrN5O. The van der Waals surface area contributed by atoms with Crippen molar-refractivity contribution in [2.75, 3.05) is 31.1 Å². The first-order valence-electron chi connectivity index (χ1n) is 6.65. The van der Waals surface area contributed by atoms with Crippen LogP contribution >= 0.6 is 15.9 Å². The first-order valence-corrected chi connectivity index (χ1v) is 7.44. The fourth-order valence-corrected chi connectivity index (χ4v) is 2.67. The van der Waals surface area contributed by atoms with E-state index in [0.29, 0.717) is 18.8 Å². The van der Waals surface area contributed by atoms with Gasteiger partial charge in [0.25, 0.3) is 5.91 Å². The Balaban J connectivity index is 1.64. The Bertz CT molecular complexity index is 628. The van der Waals surface area contributed by atoms with Crippen molar-refractivity contribution in [1.82, 2.24) is 19.9 Å². The Kier molecular flexibility index (Phi) is 4.10. The molecule has 0 bridgehead atoms. The summed E-state index contributed by atoms with van der Waals surface area (Å²) >= 11 is 3.43. The number of piperazine rings is 1. The molecule has 6 nitrogen and oxygen atoms in total. The molecule has 7 heteroatoms. The van der Waals surface area contributed by atoms with Gasteiger partial charge in [-0.05, 0) is 22.0 Å². The summed E-state index contributed by atoms with van der Waals surface area (Å²) in [6, 6.07) is 2.03. The van der Waals surface area contributed by atoms with Crippen molar-refractivity contribution >= 4 is 27.5 Å². The molecule has 0 aliphatic carbocycles. The summed E-state index contributed by atoms with van der Waals surface area (Å²) in [5.74, 6) is -0.0601. The number of carbonyl (C=O) groups is 1. The average Bonchev–Trinajstić information content (AvgIpc) is 2.55. The molecule has 0 saturated carbocycles. The third-order valence-corrected chi connectivity index (χ3v) is 3.84. The number of rotatable bonds is 2. The Morgan fingerprint density at radius 1 is 1.05 bits per heavy atom. The maximum absolute atomic E-state index is 12.3. The van der Waals surface area contributed by atoms with Crippen molar-refractivity contribution in [3.05, 3.63) is 47.2 Å². The highest BCUT2D eigenvalue weighted by atomic mass is 79.9. The number of anilines is 1. The summed E-state index contributed by atoms with van der Waals surface area (Å²) in [4.78, 5) is 28.5. The molecule has 1 saturated heterocycles. The Labute approximate surface area is 131 Å². The molecule has 2 aromatic heterocycles. The second kappa shape index (κ2) is 6.17. The van der Waals surface area contributed by atoms with Crippen molar-refractivity contribution in [1.29, 1.82) is 0 Å². The predicted molar refractivity (Wildman–Crippen MR) is 82.1 cm³/mol. The van der Waals surface area contributed by atoms with Gasteiger partial charge >= 0.3 is 0 Å². The fraction of sp³-hybridized carbons (Fsp3) is 0.286. The molecule has 1 amide bonds. The molecule has 3 heterocycles. The maximum Gasteiger partial charge on any atom is 0.274 e. The van der Waals surface area contributed by atoms with Gasteiger partial charge in [0.05, 0.1) is 18.1 Å². The van der Waals surface area contributed by atoms with Crippen molar-refractivity contribution in [3.8, 4) is 0 Å². The maximum atomic E-state index is 12.3. The highest BCUT2D eigenvalue weighted by Gasteiger charge is 2.23. The van der Waals surface area contributed by atoms with Crippen molar-refractivity contribution in [2.45, 2.75) is 0 Å². The zero-order valence-corrected chi connectivity index (χ0v) is 12.9. The van der Waals surface area contributed by atoms with E-state index in [1.165, 1.54) is 12.4 Å². The highest BCUT2D eigenvalue weighted by molar-refractivity contribution is 9.10. The smallest absolute Gasteiger partial charge is 0.274 e. The number of nitrogens with zero attached hydrogens (tertiary/aromatic N) is 5. The second-order valence-electron chi connectivity index (χ2n) is 4.73. The van der Waals surface area contributed by atoms with Crippen molar-refractivity contribution < 1.29 is 4.79 Å². The molecule has 0 N–H and O–H groups in total. The lowest BCUT2D eigenvalue weighted by molar-refractivity contribution is 0.0740. The van der Waals surface area contributed by atoms with Gasteiger partial charge < -0.3 is 9.80 Å². The van der Waals surface area contributed by atoms with Gasteiger partial charge in [-0.1, -0.05) is 0 Å². The first-order chi connectivity index (χ1) is 10.2. The number of carbonyl (C=O) groups excluding carboxylic acids is 1. The molecule has 0 spiro atoms. The van der Waals surface area contributed by atoms with E-state index in [9.17, 15) is 4.79 Å². The van der Waals surface area contributed by atoms with Crippen LogP contribution < -0.4 is 4.90 Å². The van der Waals surface area contributed by atoms with Crippen LogP contribution in [0.1, 0.15) is 10.5 Å². The lowest BCUT2D eigenvalue weighted by atomic mass is 10.2. The van der Waals surface area contributed by atoms with Crippen molar-refractivity contribution in [2.24, 2.45) is 0 Å². The van der Waals surface area contributed by atoms with E-state index < -0.39 is 0 Å². The second-order valence-corrected chi connectivity index (χ2v) is 5.65. The van der Waals surface area contributed by atoms with Gasteiger partial charge in [0, 0.05) is 49.2 Å².